The third-order valence-electron chi connectivity index (χ3n) is 15.5. The van der Waals surface area contributed by atoms with Crippen LogP contribution in [0.1, 0.15) is 58.2 Å². The topological polar surface area (TPSA) is 6.48 Å². The van der Waals surface area contributed by atoms with Gasteiger partial charge in [-0.2, -0.15) is 0 Å². The minimum absolute atomic E-state index is 0.0279. The van der Waals surface area contributed by atoms with Gasteiger partial charge in [-0.3, -0.25) is 0 Å². The second-order valence-corrected chi connectivity index (χ2v) is 26.1. The van der Waals surface area contributed by atoms with Crippen molar-refractivity contribution in [2.75, 3.05) is 9.80 Å². The monoisotopic (exact) mass is 956 g/mol. The summed E-state index contributed by atoms with van der Waals surface area (Å²) in [6.45, 7) is 16.2. The van der Waals surface area contributed by atoms with Crippen LogP contribution in [-0.2, 0) is 10.8 Å². The van der Waals surface area contributed by atoms with Crippen molar-refractivity contribution < 1.29 is 0 Å². The van der Waals surface area contributed by atoms with Crippen LogP contribution in [0.15, 0.2) is 243 Å². The van der Waals surface area contributed by atoms with Crippen LogP contribution < -0.4 is 46.9 Å². The molecule has 0 bridgehead atoms. The fourth-order valence-electron chi connectivity index (χ4n) is 11.9. The van der Waals surface area contributed by atoms with E-state index in [0.717, 1.165) is 11.4 Å². The second-order valence-electron chi connectivity index (χ2n) is 22.3. The number of aryl methyl sites for hydroxylation is 1. The van der Waals surface area contributed by atoms with Crippen LogP contribution >= 0.6 is 0 Å². The Balaban J connectivity index is 1.21. The molecule has 0 saturated heterocycles. The van der Waals surface area contributed by atoms with Gasteiger partial charge in [0.05, 0.1) is 0 Å². The van der Waals surface area contributed by atoms with Gasteiger partial charge in [-0.25, -0.2) is 0 Å². The summed E-state index contributed by atoms with van der Waals surface area (Å²) in [4.78, 5) is 5.17. The van der Waals surface area contributed by atoms with Gasteiger partial charge in [-0.15, -0.1) is 0 Å². The maximum Gasteiger partial charge on any atom is 0.252 e. The molecule has 2 aliphatic rings. The van der Waals surface area contributed by atoms with Crippen LogP contribution in [0.3, 0.4) is 0 Å². The maximum absolute atomic E-state index is 2.95. The molecular weight excluding hydrogens is 896 g/mol. The van der Waals surface area contributed by atoms with E-state index in [0.29, 0.717) is 0 Å². The molecule has 73 heavy (non-hydrogen) atoms. The molecule has 0 saturated carbocycles. The molecule has 2 heterocycles. The Labute approximate surface area is 434 Å². The van der Waals surface area contributed by atoms with Gasteiger partial charge in [-0.1, -0.05) is 230 Å². The first kappa shape index (κ1) is 46.2. The molecule has 0 unspecified atom stereocenters. The van der Waals surface area contributed by atoms with E-state index in [-0.39, 0.29) is 17.5 Å². The summed E-state index contributed by atoms with van der Waals surface area (Å²) < 4.78 is 0. The first-order valence-electron chi connectivity index (χ1n) is 25.9. The van der Waals surface area contributed by atoms with E-state index in [1.807, 2.05) is 0 Å². The first-order chi connectivity index (χ1) is 35.4. The fourth-order valence-corrected chi connectivity index (χ4v) is 16.7. The molecule has 12 rings (SSSR count). The summed E-state index contributed by atoms with van der Waals surface area (Å²) in [7, 11) is -2.95. The van der Waals surface area contributed by atoms with E-state index < -0.39 is 8.07 Å². The van der Waals surface area contributed by atoms with Gasteiger partial charge in [-0.05, 0) is 148 Å². The largest absolute Gasteiger partial charge is 0.311 e. The molecule has 0 amide bonds. The average Bonchev–Trinajstić information content (AvgIpc) is 3.41. The highest BCUT2D eigenvalue weighted by atomic mass is 28.3. The molecule has 2 aliphatic heterocycles. The Hall–Kier alpha value is -7.92. The lowest BCUT2D eigenvalue weighted by atomic mass is 9.33. The molecule has 10 aromatic carbocycles. The van der Waals surface area contributed by atoms with Crippen molar-refractivity contribution in [2.24, 2.45) is 0 Å². The summed E-state index contributed by atoms with van der Waals surface area (Å²) in [5.74, 6) is 0. The van der Waals surface area contributed by atoms with E-state index in [1.165, 1.54) is 98.8 Å². The zero-order valence-electron chi connectivity index (χ0n) is 43.1. The minimum Gasteiger partial charge on any atom is -0.311 e. The van der Waals surface area contributed by atoms with Gasteiger partial charge >= 0.3 is 0 Å². The zero-order valence-corrected chi connectivity index (χ0v) is 44.1. The number of hydrogen-bond acceptors (Lipinski definition) is 2. The molecule has 0 fully saturated rings. The van der Waals surface area contributed by atoms with Crippen LogP contribution in [0.5, 0.6) is 0 Å². The Bertz CT molecular complexity index is 3480. The Morgan fingerprint density at radius 1 is 0.329 bits per heavy atom. The van der Waals surface area contributed by atoms with Crippen molar-refractivity contribution >= 4 is 86.0 Å². The molecule has 4 heteroatoms. The molecule has 0 spiro atoms. The minimum atomic E-state index is -2.95. The van der Waals surface area contributed by atoms with Gasteiger partial charge in [0.15, 0.2) is 8.07 Å². The normalized spacial score (nSPS) is 13.1. The van der Waals surface area contributed by atoms with Gasteiger partial charge in [0, 0.05) is 34.1 Å². The Morgan fingerprint density at radius 3 is 1.21 bits per heavy atom. The molecule has 0 aromatic heterocycles. The molecule has 0 radical (unpaired) electrons. The summed E-state index contributed by atoms with van der Waals surface area (Å²) >= 11 is 0. The summed E-state index contributed by atoms with van der Waals surface area (Å²) in [6.07, 6.45) is 0. The molecule has 0 aliphatic carbocycles. The molecule has 0 N–H and O–H groups in total. The third-order valence-corrected chi connectivity index (χ3v) is 20.3. The van der Waals surface area contributed by atoms with Crippen LogP contribution in [0.25, 0.3) is 22.3 Å². The standard InChI is InChI=1S/C69H61BN2Si/c1-48-41-65-67-66(42-48)72(56-44-51(49-23-13-8-14-24-49)43-52(45-56)50-25-15-9-16-26-50)64-40-38-60(73(57-27-17-10-18-28-57,58-29-19-11-20-30-58)59-31-21-12-22-32-59)47-62(64)70(67)61-46-54(69(5,6)7)35-39-63(61)71(65)55-36-33-53(34-37-55)68(2,3)4/h8-47H,1-7H3. The highest BCUT2D eigenvalue weighted by Crippen LogP contribution is 2.47. The van der Waals surface area contributed by atoms with E-state index in [9.17, 15) is 0 Å². The first-order valence-corrected chi connectivity index (χ1v) is 27.9. The lowest BCUT2D eigenvalue weighted by Gasteiger charge is -2.45. The van der Waals surface area contributed by atoms with Crippen LogP contribution in [0.2, 0.25) is 0 Å². The van der Waals surface area contributed by atoms with E-state index in [4.69, 9.17) is 0 Å². The summed E-state index contributed by atoms with van der Waals surface area (Å²) in [5, 5.41) is 5.46. The Kier molecular flexibility index (Phi) is 11.4. The fraction of sp³-hybridized carbons (Fsp3) is 0.130. The maximum atomic E-state index is 2.65. The highest BCUT2D eigenvalue weighted by Gasteiger charge is 2.47. The van der Waals surface area contributed by atoms with Crippen LogP contribution in [0.4, 0.5) is 34.1 Å². The van der Waals surface area contributed by atoms with Crippen LogP contribution in [-0.4, -0.2) is 14.8 Å². The number of benzene rings is 10. The lowest BCUT2D eigenvalue weighted by molar-refractivity contribution is 0.590. The SMILES string of the molecule is Cc1cc2c3c(c1)N(c1cc(-c4ccccc4)cc(-c4ccccc4)c1)c1ccc([Si](c4ccccc4)(c4ccccc4)c4ccccc4)cc1B3c1cc(C(C)(C)C)ccc1N2c1ccc(C(C)(C)C)cc1. The number of rotatable bonds is 8. The molecule has 0 atom stereocenters. The van der Waals surface area contributed by atoms with Crippen molar-refractivity contribution in [1.29, 1.82) is 0 Å². The number of anilines is 6. The Morgan fingerprint density at radius 2 is 0.740 bits per heavy atom. The van der Waals surface area contributed by atoms with Crippen molar-refractivity contribution in [1.82, 2.24) is 0 Å². The molecule has 10 aromatic rings. The molecular formula is C69H61BN2Si. The van der Waals surface area contributed by atoms with Gasteiger partial charge < -0.3 is 9.80 Å². The van der Waals surface area contributed by atoms with Crippen molar-refractivity contribution in [3.63, 3.8) is 0 Å². The number of nitrogens with zero attached hydrogens (tertiary/aromatic N) is 2. The van der Waals surface area contributed by atoms with Gasteiger partial charge in [0.2, 0.25) is 0 Å². The van der Waals surface area contributed by atoms with E-state index in [1.54, 1.807) is 0 Å². The van der Waals surface area contributed by atoms with Crippen molar-refractivity contribution in [3.05, 3.63) is 259 Å². The smallest absolute Gasteiger partial charge is 0.252 e. The number of hydrogen-bond donors (Lipinski definition) is 0. The highest BCUT2D eigenvalue weighted by molar-refractivity contribution is 7.20. The predicted octanol–water partition coefficient (Wildman–Crippen LogP) is 13.4. The lowest BCUT2D eigenvalue weighted by Crippen LogP contribution is -2.75. The van der Waals surface area contributed by atoms with Gasteiger partial charge in [0.25, 0.3) is 6.71 Å². The quantitative estimate of drug-likeness (QED) is 0.111. The number of fused-ring (bicyclic) bond motifs is 4. The summed E-state index contributed by atoms with van der Waals surface area (Å²) in [5.41, 5.74) is 19.7. The second kappa shape index (κ2) is 18.0. The zero-order chi connectivity index (χ0) is 50.1. The third kappa shape index (κ3) is 7.97. The van der Waals surface area contributed by atoms with Gasteiger partial charge in [0.1, 0.15) is 0 Å². The molecule has 2 nitrogen and oxygen atoms in total. The van der Waals surface area contributed by atoms with E-state index >= 15 is 0 Å². The van der Waals surface area contributed by atoms with E-state index in [2.05, 4.69) is 301 Å². The van der Waals surface area contributed by atoms with Crippen LogP contribution in [0, 0.1) is 6.92 Å². The summed E-state index contributed by atoms with van der Waals surface area (Å²) in [6, 6.07) is 92.3. The predicted molar refractivity (Wildman–Crippen MR) is 317 cm³/mol. The molecule has 354 valence electrons. The van der Waals surface area contributed by atoms with Crippen molar-refractivity contribution in [2.45, 2.75) is 59.3 Å². The average molecular weight is 957 g/mol. The van der Waals surface area contributed by atoms with Crippen molar-refractivity contribution in [3.8, 4) is 22.3 Å².